The van der Waals surface area contributed by atoms with Crippen LogP contribution in [-0.4, -0.2) is 61.9 Å². The van der Waals surface area contributed by atoms with Gasteiger partial charge in [0.2, 0.25) is 0 Å². The van der Waals surface area contributed by atoms with E-state index in [-0.39, 0.29) is 12.6 Å². The van der Waals surface area contributed by atoms with E-state index in [1.807, 2.05) is 6.92 Å². The van der Waals surface area contributed by atoms with Gasteiger partial charge in [-0.15, -0.1) is 0 Å². The van der Waals surface area contributed by atoms with Crippen molar-refractivity contribution >= 4 is 5.97 Å². The standard InChI is InChI=1S/C8H16O4.C3H8O2/c1-3-10-4-5-11-6-7-12-8(2)9;1-3(5)2-4/h3-7H2,1-2H3;3-5H,2H2,1H3. The molecule has 0 aliphatic carbocycles. The van der Waals surface area contributed by atoms with Crippen LogP contribution < -0.4 is 0 Å². The van der Waals surface area contributed by atoms with Gasteiger partial charge in [0, 0.05) is 13.5 Å². The fraction of sp³-hybridized carbons (Fsp3) is 0.909. The van der Waals surface area contributed by atoms with Crippen LogP contribution in [-0.2, 0) is 19.0 Å². The van der Waals surface area contributed by atoms with E-state index >= 15 is 0 Å². The van der Waals surface area contributed by atoms with Crippen molar-refractivity contribution in [3.63, 3.8) is 0 Å². The normalized spacial score (nSPS) is 11.4. The van der Waals surface area contributed by atoms with Crippen molar-refractivity contribution in [1.29, 1.82) is 0 Å². The lowest BCUT2D eigenvalue weighted by molar-refractivity contribution is -0.142. The van der Waals surface area contributed by atoms with Crippen molar-refractivity contribution in [2.24, 2.45) is 0 Å². The van der Waals surface area contributed by atoms with E-state index in [1.54, 1.807) is 0 Å². The third-order valence-electron chi connectivity index (χ3n) is 1.37. The van der Waals surface area contributed by atoms with Gasteiger partial charge in [-0.1, -0.05) is 0 Å². The molecule has 0 radical (unpaired) electrons. The fourth-order valence-corrected chi connectivity index (χ4v) is 0.609. The smallest absolute Gasteiger partial charge is 0.302 e. The first-order chi connectivity index (χ1) is 8.04. The number of aliphatic hydroxyl groups excluding tert-OH is 2. The first-order valence-electron chi connectivity index (χ1n) is 5.62. The van der Waals surface area contributed by atoms with Crippen LogP contribution in [0.4, 0.5) is 0 Å². The monoisotopic (exact) mass is 252 g/mol. The zero-order chi connectivity index (χ0) is 13.5. The molecule has 1 unspecified atom stereocenters. The van der Waals surface area contributed by atoms with Crippen LogP contribution in [0.1, 0.15) is 20.8 Å². The molecule has 0 fully saturated rings. The van der Waals surface area contributed by atoms with Gasteiger partial charge in [-0.3, -0.25) is 4.79 Å². The summed E-state index contributed by atoms with van der Waals surface area (Å²) >= 11 is 0. The minimum Gasteiger partial charge on any atom is -0.463 e. The Kier molecular flexibility index (Phi) is 16.8. The van der Waals surface area contributed by atoms with E-state index in [2.05, 4.69) is 4.74 Å². The molecule has 1 atom stereocenters. The molecule has 2 N–H and O–H groups in total. The summed E-state index contributed by atoms with van der Waals surface area (Å²) < 4.78 is 14.8. The largest absolute Gasteiger partial charge is 0.463 e. The maximum atomic E-state index is 10.3. The SMILES string of the molecule is CC(O)CO.CCOCCOCCOC(C)=O. The van der Waals surface area contributed by atoms with Crippen LogP contribution in [0.25, 0.3) is 0 Å². The predicted molar refractivity (Wildman–Crippen MR) is 62.7 cm³/mol. The van der Waals surface area contributed by atoms with E-state index in [9.17, 15) is 4.79 Å². The van der Waals surface area contributed by atoms with E-state index in [0.29, 0.717) is 33.0 Å². The zero-order valence-corrected chi connectivity index (χ0v) is 10.8. The summed E-state index contributed by atoms with van der Waals surface area (Å²) in [5.74, 6) is -0.275. The molecule has 0 saturated carbocycles. The Morgan fingerprint density at radius 3 is 2.06 bits per heavy atom. The maximum absolute atomic E-state index is 10.3. The lowest BCUT2D eigenvalue weighted by Crippen LogP contribution is -2.10. The van der Waals surface area contributed by atoms with Gasteiger partial charge in [0.05, 0.1) is 32.5 Å². The number of carbonyl (C=O) groups is 1. The maximum Gasteiger partial charge on any atom is 0.302 e. The van der Waals surface area contributed by atoms with Gasteiger partial charge in [-0.05, 0) is 13.8 Å². The molecule has 0 amide bonds. The molecule has 17 heavy (non-hydrogen) atoms. The van der Waals surface area contributed by atoms with Crippen molar-refractivity contribution in [3.8, 4) is 0 Å². The van der Waals surface area contributed by atoms with Crippen molar-refractivity contribution in [2.75, 3.05) is 39.6 Å². The van der Waals surface area contributed by atoms with Gasteiger partial charge in [0.15, 0.2) is 0 Å². The van der Waals surface area contributed by atoms with Crippen molar-refractivity contribution in [2.45, 2.75) is 26.9 Å². The number of hydrogen-bond acceptors (Lipinski definition) is 6. The van der Waals surface area contributed by atoms with E-state index in [0.717, 1.165) is 0 Å². The van der Waals surface area contributed by atoms with Crippen LogP contribution in [0.15, 0.2) is 0 Å². The number of carbonyl (C=O) groups excluding carboxylic acids is 1. The van der Waals surface area contributed by atoms with Crippen LogP contribution in [0.2, 0.25) is 0 Å². The van der Waals surface area contributed by atoms with Crippen LogP contribution in [0.5, 0.6) is 0 Å². The number of aliphatic hydroxyl groups is 2. The molecule has 0 heterocycles. The van der Waals surface area contributed by atoms with E-state index < -0.39 is 6.10 Å². The molecular weight excluding hydrogens is 228 g/mol. The molecule has 0 bridgehead atoms. The minimum absolute atomic E-state index is 0.139. The summed E-state index contributed by atoms with van der Waals surface area (Å²) in [6, 6.07) is 0. The Bertz CT molecular complexity index is 160. The molecule has 0 aliphatic heterocycles. The van der Waals surface area contributed by atoms with E-state index in [1.165, 1.54) is 13.8 Å². The Balaban J connectivity index is 0. The molecule has 0 spiro atoms. The molecule has 104 valence electrons. The molecule has 0 aliphatic rings. The minimum atomic E-state index is -0.560. The van der Waals surface area contributed by atoms with Crippen LogP contribution >= 0.6 is 0 Å². The van der Waals surface area contributed by atoms with Crippen molar-refractivity contribution < 1.29 is 29.2 Å². The Morgan fingerprint density at radius 1 is 1.18 bits per heavy atom. The van der Waals surface area contributed by atoms with Gasteiger partial charge in [0.25, 0.3) is 0 Å². The number of esters is 1. The highest BCUT2D eigenvalue weighted by atomic mass is 16.6. The summed E-state index contributed by atoms with van der Waals surface area (Å²) in [4.78, 5) is 10.3. The molecule has 0 aromatic carbocycles. The average molecular weight is 252 g/mol. The second-order valence-electron chi connectivity index (χ2n) is 3.18. The average Bonchev–Trinajstić information content (AvgIpc) is 2.28. The zero-order valence-electron chi connectivity index (χ0n) is 10.8. The van der Waals surface area contributed by atoms with Gasteiger partial charge in [-0.25, -0.2) is 0 Å². The number of ether oxygens (including phenoxy) is 3. The highest BCUT2D eigenvalue weighted by molar-refractivity contribution is 5.65. The number of rotatable bonds is 8. The quantitative estimate of drug-likeness (QED) is 0.466. The van der Waals surface area contributed by atoms with Crippen molar-refractivity contribution in [3.05, 3.63) is 0 Å². The first kappa shape index (κ1) is 18.7. The fourth-order valence-electron chi connectivity index (χ4n) is 0.609. The Labute approximate surface area is 102 Å². The number of hydrogen-bond donors (Lipinski definition) is 2. The van der Waals surface area contributed by atoms with Gasteiger partial charge < -0.3 is 24.4 Å². The molecule has 0 aromatic rings. The lowest BCUT2D eigenvalue weighted by Gasteiger charge is -2.03. The third kappa shape index (κ3) is 25.5. The molecule has 0 rings (SSSR count). The topological polar surface area (TPSA) is 85.2 Å². The molecule has 6 heteroatoms. The van der Waals surface area contributed by atoms with Crippen molar-refractivity contribution in [1.82, 2.24) is 0 Å². The first-order valence-corrected chi connectivity index (χ1v) is 5.62. The Morgan fingerprint density at radius 2 is 1.65 bits per heavy atom. The highest BCUT2D eigenvalue weighted by Crippen LogP contribution is 1.80. The summed E-state index contributed by atoms with van der Waals surface area (Å²) in [6.45, 7) is 7.30. The molecular formula is C11H24O6. The summed E-state index contributed by atoms with van der Waals surface area (Å²) in [7, 11) is 0. The second-order valence-corrected chi connectivity index (χ2v) is 3.18. The molecule has 0 saturated heterocycles. The lowest BCUT2D eigenvalue weighted by atomic mass is 10.5. The van der Waals surface area contributed by atoms with Gasteiger partial charge in [0.1, 0.15) is 6.61 Å². The van der Waals surface area contributed by atoms with Crippen LogP contribution in [0, 0.1) is 0 Å². The second kappa shape index (κ2) is 15.3. The molecule has 0 aromatic heterocycles. The summed E-state index contributed by atoms with van der Waals surface area (Å²) in [5.41, 5.74) is 0. The molecule has 6 nitrogen and oxygen atoms in total. The van der Waals surface area contributed by atoms with Gasteiger partial charge >= 0.3 is 5.97 Å². The van der Waals surface area contributed by atoms with E-state index in [4.69, 9.17) is 19.7 Å². The Hall–Kier alpha value is -0.690. The summed E-state index contributed by atoms with van der Waals surface area (Å²) in [5, 5.41) is 16.0. The summed E-state index contributed by atoms with van der Waals surface area (Å²) in [6.07, 6.45) is -0.560. The highest BCUT2D eigenvalue weighted by Gasteiger charge is 1.92. The third-order valence-corrected chi connectivity index (χ3v) is 1.37. The van der Waals surface area contributed by atoms with Gasteiger partial charge in [-0.2, -0.15) is 0 Å². The predicted octanol–water partition coefficient (Wildman–Crippen LogP) is -0.0379. The van der Waals surface area contributed by atoms with Crippen LogP contribution in [0.3, 0.4) is 0 Å².